The van der Waals surface area contributed by atoms with Crippen molar-refractivity contribution in [3.05, 3.63) is 59.9 Å². The lowest BCUT2D eigenvalue weighted by Crippen LogP contribution is -2.59. The van der Waals surface area contributed by atoms with E-state index in [-0.39, 0.29) is 18.2 Å². The Hall–Kier alpha value is -2.41. The first-order valence-electron chi connectivity index (χ1n) is 7.70. The number of rotatable bonds is 2. The Bertz CT molecular complexity index is 914. The van der Waals surface area contributed by atoms with Crippen LogP contribution < -0.4 is 5.73 Å². The van der Waals surface area contributed by atoms with Gasteiger partial charge in [-0.05, 0) is 11.6 Å². The highest BCUT2D eigenvalue weighted by Gasteiger charge is 2.64. The molecule has 0 spiro atoms. The predicted octanol–water partition coefficient (Wildman–Crippen LogP) is 0.855. The second-order valence-corrected chi connectivity index (χ2v) is 8.65. The first-order chi connectivity index (χ1) is 11.4. The van der Waals surface area contributed by atoms with E-state index in [2.05, 4.69) is 4.98 Å². The monoisotopic (exact) mass is 343 g/mol. The summed E-state index contributed by atoms with van der Waals surface area (Å²) >= 11 is 0. The molecule has 0 bridgehead atoms. The van der Waals surface area contributed by atoms with Gasteiger partial charge in [0.2, 0.25) is 0 Å². The third-order valence-corrected chi connectivity index (χ3v) is 7.47. The number of likely N-dealkylation sites (tertiary alicyclic amines) is 1. The molecule has 1 amide bonds. The lowest BCUT2D eigenvalue weighted by atomic mass is 9.80. The zero-order chi connectivity index (χ0) is 16.9. The molecule has 0 unspecified atom stereocenters. The van der Waals surface area contributed by atoms with E-state index in [1.807, 2.05) is 30.3 Å². The summed E-state index contributed by atoms with van der Waals surface area (Å²) in [6.07, 6.45) is 2.96. The van der Waals surface area contributed by atoms with Crippen LogP contribution in [-0.4, -0.2) is 48.3 Å². The highest BCUT2D eigenvalue weighted by atomic mass is 32.2. The normalized spacial score (nSPS) is 27.3. The zero-order valence-corrected chi connectivity index (χ0v) is 13.7. The number of nitrogens with zero attached hydrogens (tertiary/aromatic N) is 2. The van der Waals surface area contributed by atoms with Crippen LogP contribution in [-0.2, 0) is 15.3 Å². The van der Waals surface area contributed by atoms with Crippen LogP contribution >= 0.6 is 0 Å². The summed E-state index contributed by atoms with van der Waals surface area (Å²) in [5, 5.41) is -0.547. The molecule has 7 heteroatoms. The van der Waals surface area contributed by atoms with Crippen molar-refractivity contribution in [1.29, 1.82) is 0 Å². The van der Waals surface area contributed by atoms with E-state index < -0.39 is 20.5 Å². The lowest BCUT2D eigenvalue weighted by molar-refractivity contribution is 0.0786. The SMILES string of the molecule is Nc1ccncc1C(=O)N1C[C@@H]2[C@](c3ccccc3)(C1)CS2(=O)=O. The Kier molecular flexibility index (Phi) is 3.18. The minimum atomic E-state index is -3.17. The van der Waals surface area contributed by atoms with Gasteiger partial charge in [0, 0.05) is 36.6 Å². The van der Waals surface area contributed by atoms with Crippen molar-refractivity contribution in [2.45, 2.75) is 10.7 Å². The van der Waals surface area contributed by atoms with Crippen LogP contribution in [0.1, 0.15) is 15.9 Å². The fraction of sp³-hybridized carbons (Fsp3) is 0.294. The molecule has 2 aromatic rings. The molecule has 6 nitrogen and oxygen atoms in total. The van der Waals surface area contributed by atoms with Crippen LogP contribution in [0.25, 0.3) is 0 Å². The van der Waals surface area contributed by atoms with Gasteiger partial charge in [-0.25, -0.2) is 8.42 Å². The summed E-state index contributed by atoms with van der Waals surface area (Å²) in [6.45, 7) is 0.582. The number of nitrogens with two attached hydrogens (primary N) is 1. The van der Waals surface area contributed by atoms with Gasteiger partial charge in [-0.15, -0.1) is 0 Å². The van der Waals surface area contributed by atoms with Gasteiger partial charge in [-0.1, -0.05) is 30.3 Å². The van der Waals surface area contributed by atoms with Crippen LogP contribution in [0.4, 0.5) is 5.69 Å². The highest BCUT2D eigenvalue weighted by molar-refractivity contribution is 7.93. The molecule has 124 valence electrons. The van der Waals surface area contributed by atoms with Crippen LogP contribution in [0.3, 0.4) is 0 Å². The standard InChI is InChI=1S/C17H17N3O3S/c18-14-6-7-19-8-13(14)16(21)20-9-15-17(10-20,11-24(15,22)23)12-4-2-1-3-5-12/h1-8,15H,9-11H2,(H2,18,19)/t15-,17-/m1/s1. The summed E-state index contributed by atoms with van der Waals surface area (Å²) in [6, 6.07) is 11.1. The van der Waals surface area contributed by atoms with E-state index in [1.165, 1.54) is 12.4 Å². The van der Waals surface area contributed by atoms with Crippen molar-refractivity contribution in [1.82, 2.24) is 9.88 Å². The number of pyridine rings is 1. The zero-order valence-electron chi connectivity index (χ0n) is 12.9. The first kappa shape index (κ1) is 15.1. The Balaban J connectivity index is 1.70. The summed E-state index contributed by atoms with van der Waals surface area (Å²) in [7, 11) is -3.17. The van der Waals surface area contributed by atoms with E-state index >= 15 is 0 Å². The Morgan fingerprint density at radius 2 is 2.00 bits per heavy atom. The molecule has 24 heavy (non-hydrogen) atoms. The largest absolute Gasteiger partial charge is 0.398 e. The second-order valence-electron chi connectivity index (χ2n) is 6.47. The number of anilines is 1. The third-order valence-electron chi connectivity index (χ3n) is 5.09. The molecular formula is C17H17N3O3S. The van der Waals surface area contributed by atoms with Gasteiger partial charge in [0.15, 0.2) is 9.84 Å². The second kappa shape index (κ2) is 5.04. The number of carbonyl (C=O) groups is 1. The average Bonchev–Trinajstić information content (AvgIpc) is 2.92. The fourth-order valence-electron chi connectivity index (χ4n) is 3.88. The molecule has 0 aliphatic carbocycles. The summed E-state index contributed by atoms with van der Waals surface area (Å²) in [5.41, 5.74) is 7.00. The molecule has 0 saturated carbocycles. The van der Waals surface area contributed by atoms with Crippen molar-refractivity contribution in [2.24, 2.45) is 0 Å². The Morgan fingerprint density at radius 1 is 1.25 bits per heavy atom. The smallest absolute Gasteiger partial charge is 0.257 e. The molecule has 2 saturated heterocycles. The van der Waals surface area contributed by atoms with E-state index in [4.69, 9.17) is 5.73 Å². The summed E-state index contributed by atoms with van der Waals surface area (Å²) in [5.74, 6) is -0.179. The maximum Gasteiger partial charge on any atom is 0.257 e. The van der Waals surface area contributed by atoms with Crippen LogP contribution in [0.15, 0.2) is 48.8 Å². The van der Waals surface area contributed by atoms with Gasteiger partial charge in [0.1, 0.15) is 0 Å². The molecule has 2 fully saturated rings. The van der Waals surface area contributed by atoms with Crippen molar-refractivity contribution in [2.75, 3.05) is 24.6 Å². The minimum Gasteiger partial charge on any atom is -0.398 e. The summed E-state index contributed by atoms with van der Waals surface area (Å²) in [4.78, 5) is 18.3. The first-order valence-corrected chi connectivity index (χ1v) is 9.41. The van der Waals surface area contributed by atoms with Crippen LogP contribution in [0.2, 0.25) is 0 Å². The van der Waals surface area contributed by atoms with E-state index in [0.29, 0.717) is 17.8 Å². The van der Waals surface area contributed by atoms with Gasteiger partial charge in [0.05, 0.1) is 16.6 Å². The van der Waals surface area contributed by atoms with Crippen molar-refractivity contribution >= 4 is 21.4 Å². The van der Waals surface area contributed by atoms with Gasteiger partial charge >= 0.3 is 0 Å². The number of hydrogen-bond donors (Lipinski definition) is 1. The van der Waals surface area contributed by atoms with Crippen molar-refractivity contribution < 1.29 is 13.2 Å². The Labute approximate surface area is 140 Å². The number of hydrogen-bond acceptors (Lipinski definition) is 5. The number of carbonyl (C=O) groups excluding carboxylic acids is 1. The van der Waals surface area contributed by atoms with Gasteiger partial charge < -0.3 is 10.6 Å². The van der Waals surface area contributed by atoms with Gasteiger partial charge in [0.25, 0.3) is 5.91 Å². The molecule has 2 N–H and O–H groups in total. The quantitative estimate of drug-likeness (QED) is 0.873. The Morgan fingerprint density at radius 3 is 2.67 bits per heavy atom. The fourth-order valence-corrected chi connectivity index (χ4v) is 6.35. The predicted molar refractivity (Wildman–Crippen MR) is 90.2 cm³/mol. The minimum absolute atomic E-state index is 0.0843. The van der Waals surface area contributed by atoms with Crippen LogP contribution in [0, 0.1) is 0 Å². The molecule has 4 rings (SSSR count). The third kappa shape index (κ3) is 2.04. The number of amides is 1. The summed E-state index contributed by atoms with van der Waals surface area (Å²) < 4.78 is 24.5. The van der Waals surface area contributed by atoms with E-state index in [0.717, 1.165) is 5.56 Å². The highest BCUT2D eigenvalue weighted by Crippen LogP contribution is 2.48. The molecule has 2 aliphatic rings. The molecule has 2 atom stereocenters. The average molecular weight is 343 g/mol. The lowest BCUT2D eigenvalue weighted by Gasteiger charge is -2.43. The van der Waals surface area contributed by atoms with Crippen molar-refractivity contribution in [3.63, 3.8) is 0 Å². The molecule has 1 aromatic heterocycles. The molecule has 1 aromatic carbocycles. The number of benzene rings is 1. The topological polar surface area (TPSA) is 93.4 Å². The van der Waals surface area contributed by atoms with E-state index in [1.54, 1.807) is 11.0 Å². The van der Waals surface area contributed by atoms with Gasteiger partial charge in [-0.3, -0.25) is 9.78 Å². The molecular weight excluding hydrogens is 326 g/mol. The number of fused-ring (bicyclic) bond motifs is 1. The molecule has 2 aliphatic heterocycles. The van der Waals surface area contributed by atoms with Crippen molar-refractivity contribution in [3.8, 4) is 0 Å². The maximum absolute atomic E-state index is 12.8. The number of aromatic nitrogens is 1. The number of sulfone groups is 1. The van der Waals surface area contributed by atoms with Crippen LogP contribution in [0.5, 0.6) is 0 Å². The van der Waals surface area contributed by atoms with Gasteiger partial charge in [-0.2, -0.15) is 0 Å². The number of nitrogen functional groups attached to an aromatic ring is 1. The maximum atomic E-state index is 12.8. The molecule has 0 radical (unpaired) electrons. The molecule has 3 heterocycles. The van der Waals surface area contributed by atoms with E-state index in [9.17, 15) is 13.2 Å².